The van der Waals surface area contributed by atoms with Crippen molar-refractivity contribution < 1.29 is 22.7 Å². The first-order chi connectivity index (χ1) is 8.69. The molecule has 1 unspecified atom stereocenters. The van der Waals surface area contributed by atoms with Crippen LogP contribution < -0.4 is 15.8 Å². The topological polar surface area (TPSA) is 64.3 Å². The number of hydrogen-bond donors (Lipinski definition) is 2. The molecule has 0 fully saturated rings. The van der Waals surface area contributed by atoms with E-state index < -0.39 is 17.8 Å². The van der Waals surface area contributed by atoms with Crippen LogP contribution in [-0.2, 0) is 10.3 Å². The first-order valence-corrected chi connectivity index (χ1v) is 5.60. The highest BCUT2D eigenvalue weighted by atomic mass is 19.4. The number of rotatable bonds is 5. The van der Waals surface area contributed by atoms with Gasteiger partial charge in [0, 0.05) is 0 Å². The van der Waals surface area contributed by atoms with Crippen molar-refractivity contribution in [3.05, 3.63) is 29.8 Å². The number of amides is 1. The molecule has 3 N–H and O–H groups in total. The van der Waals surface area contributed by atoms with Crippen LogP contribution in [0.5, 0.6) is 5.75 Å². The van der Waals surface area contributed by atoms with E-state index in [1.807, 2.05) is 0 Å². The number of ether oxygens (including phenoxy) is 1. The largest absolute Gasteiger partial charge is 0.573 e. The molecule has 106 valence electrons. The van der Waals surface area contributed by atoms with Gasteiger partial charge in [-0.2, -0.15) is 0 Å². The summed E-state index contributed by atoms with van der Waals surface area (Å²) in [6, 6.07) is 5.02. The van der Waals surface area contributed by atoms with E-state index in [9.17, 15) is 18.0 Å². The highest BCUT2D eigenvalue weighted by molar-refractivity contribution is 5.85. The van der Waals surface area contributed by atoms with Gasteiger partial charge >= 0.3 is 6.36 Å². The van der Waals surface area contributed by atoms with Gasteiger partial charge in [0.2, 0.25) is 5.91 Å². The van der Waals surface area contributed by atoms with Crippen LogP contribution in [0.2, 0.25) is 0 Å². The number of carbonyl (C=O) groups excluding carboxylic acids is 1. The smallest absolute Gasteiger partial charge is 0.406 e. The Balaban J connectivity index is 2.99. The molecule has 0 aliphatic carbocycles. The molecule has 1 atom stereocenters. The molecule has 0 aliphatic rings. The molecule has 0 radical (unpaired) electrons. The quantitative estimate of drug-likeness (QED) is 0.863. The Kier molecular flexibility index (Phi) is 4.41. The molecule has 0 bridgehead atoms. The van der Waals surface area contributed by atoms with Gasteiger partial charge in [-0.1, -0.05) is 19.1 Å². The molecule has 7 heteroatoms. The molecule has 0 aliphatic heterocycles. The lowest BCUT2D eigenvalue weighted by atomic mass is 9.91. The SMILES string of the molecule is CCNC(C)(C(N)=O)c1ccc(OC(F)(F)F)cc1. The molecule has 0 saturated heterocycles. The number of halogens is 3. The van der Waals surface area contributed by atoms with E-state index in [1.54, 1.807) is 13.8 Å². The van der Waals surface area contributed by atoms with Crippen LogP contribution >= 0.6 is 0 Å². The van der Waals surface area contributed by atoms with Gasteiger partial charge in [0.25, 0.3) is 0 Å². The van der Waals surface area contributed by atoms with E-state index in [0.29, 0.717) is 12.1 Å². The Morgan fingerprint density at radius 2 is 1.84 bits per heavy atom. The minimum atomic E-state index is -4.74. The van der Waals surface area contributed by atoms with Crippen molar-refractivity contribution in [2.45, 2.75) is 25.7 Å². The van der Waals surface area contributed by atoms with Gasteiger partial charge in [-0.15, -0.1) is 13.2 Å². The monoisotopic (exact) mass is 276 g/mol. The number of alkyl halides is 3. The van der Waals surface area contributed by atoms with Gasteiger partial charge in [0.05, 0.1) is 0 Å². The van der Waals surface area contributed by atoms with Crippen LogP contribution in [0.3, 0.4) is 0 Å². The van der Waals surface area contributed by atoms with E-state index in [1.165, 1.54) is 12.1 Å². The van der Waals surface area contributed by atoms with Crippen molar-refractivity contribution in [3.8, 4) is 5.75 Å². The molecule has 1 aromatic rings. The lowest BCUT2D eigenvalue weighted by Gasteiger charge is -2.27. The van der Waals surface area contributed by atoms with Gasteiger partial charge in [-0.25, -0.2) is 0 Å². The molecule has 0 aromatic heterocycles. The fourth-order valence-corrected chi connectivity index (χ4v) is 1.67. The van der Waals surface area contributed by atoms with E-state index >= 15 is 0 Å². The molecule has 1 rings (SSSR count). The molecule has 0 heterocycles. The number of hydrogen-bond acceptors (Lipinski definition) is 3. The second kappa shape index (κ2) is 5.48. The van der Waals surface area contributed by atoms with Crippen molar-refractivity contribution in [1.29, 1.82) is 0 Å². The highest BCUT2D eigenvalue weighted by Crippen LogP contribution is 2.26. The average Bonchev–Trinajstić information content (AvgIpc) is 2.27. The van der Waals surface area contributed by atoms with Gasteiger partial charge in [-0.3, -0.25) is 4.79 Å². The van der Waals surface area contributed by atoms with Crippen molar-refractivity contribution in [2.24, 2.45) is 5.73 Å². The Morgan fingerprint density at radius 1 is 1.32 bits per heavy atom. The highest BCUT2D eigenvalue weighted by Gasteiger charge is 2.33. The predicted molar refractivity (Wildman–Crippen MR) is 63.3 cm³/mol. The third-order valence-electron chi connectivity index (χ3n) is 2.69. The summed E-state index contributed by atoms with van der Waals surface area (Å²) in [5.41, 5.74) is 4.65. The summed E-state index contributed by atoms with van der Waals surface area (Å²) in [6.07, 6.45) is -4.74. The standard InChI is InChI=1S/C12H15F3N2O2/c1-3-17-11(2,10(16)18)8-4-6-9(7-5-8)19-12(13,14)15/h4-7,17H,3H2,1-2H3,(H2,16,18). The Bertz CT molecular complexity index is 445. The number of benzene rings is 1. The van der Waals surface area contributed by atoms with Crippen LogP contribution in [0.25, 0.3) is 0 Å². The van der Waals surface area contributed by atoms with E-state index in [2.05, 4.69) is 10.1 Å². The summed E-state index contributed by atoms with van der Waals surface area (Å²) in [6.45, 7) is 3.85. The fourth-order valence-electron chi connectivity index (χ4n) is 1.67. The zero-order valence-electron chi connectivity index (χ0n) is 10.5. The number of nitrogens with two attached hydrogens (primary N) is 1. The van der Waals surface area contributed by atoms with Crippen molar-refractivity contribution in [2.75, 3.05) is 6.54 Å². The van der Waals surface area contributed by atoms with E-state index in [0.717, 1.165) is 12.1 Å². The van der Waals surface area contributed by atoms with Crippen LogP contribution in [0.15, 0.2) is 24.3 Å². The summed E-state index contributed by atoms with van der Waals surface area (Å²) in [4.78, 5) is 11.5. The zero-order chi connectivity index (χ0) is 14.7. The van der Waals surface area contributed by atoms with Crippen molar-refractivity contribution in [1.82, 2.24) is 5.32 Å². The van der Waals surface area contributed by atoms with Gasteiger partial charge in [0.15, 0.2) is 0 Å². The number of likely N-dealkylation sites (N-methyl/N-ethyl adjacent to an activating group) is 1. The van der Waals surface area contributed by atoms with Crippen LogP contribution in [0.1, 0.15) is 19.4 Å². The zero-order valence-corrected chi connectivity index (χ0v) is 10.5. The molecule has 4 nitrogen and oxygen atoms in total. The van der Waals surface area contributed by atoms with Crippen LogP contribution in [0.4, 0.5) is 13.2 Å². The van der Waals surface area contributed by atoms with Crippen molar-refractivity contribution >= 4 is 5.91 Å². The maximum absolute atomic E-state index is 12.0. The molecular formula is C12H15F3N2O2. The summed E-state index contributed by atoms with van der Waals surface area (Å²) in [5.74, 6) is -0.960. The Labute approximate surface area is 108 Å². The van der Waals surface area contributed by atoms with Crippen molar-refractivity contribution in [3.63, 3.8) is 0 Å². The summed E-state index contributed by atoms with van der Waals surface area (Å²) in [7, 11) is 0. The molecule has 1 amide bonds. The normalized spacial score (nSPS) is 14.8. The molecule has 0 spiro atoms. The third-order valence-corrected chi connectivity index (χ3v) is 2.69. The van der Waals surface area contributed by atoms with E-state index in [-0.39, 0.29) is 5.75 Å². The van der Waals surface area contributed by atoms with Crippen LogP contribution in [-0.4, -0.2) is 18.8 Å². The van der Waals surface area contributed by atoms with Gasteiger partial charge in [0.1, 0.15) is 11.3 Å². The maximum Gasteiger partial charge on any atom is 0.573 e. The van der Waals surface area contributed by atoms with Gasteiger partial charge in [-0.05, 0) is 31.2 Å². The Morgan fingerprint density at radius 3 is 2.21 bits per heavy atom. The minimum absolute atomic E-state index is 0.348. The fraction of sp³-hybridized carbons (Fsp3) is 0.417. The van der Waals surface area contributed by atoms with Gasteiger partial charge < -0.3 is 15.8 Å². The summed E-state index contributed by atoms with van der Waals surface area (Å²) >= 11 is 0. The molecule has 1 aromatic carbocycles. The summed E-state index contributed by atoms with van der Waals surface area (Å²) in [5, 5.41) is 2.90. The number of primary amides is 1. The number of nitrogens with one attached hydrogen (secondary N) is 1. The Hall–Kier alpha value is -1.76. The number of carbonyl (C=O) groups is 1. The lowest BCUT2D eigenvalue weighted by Crippen LogP contribution is -2.50. The second-order valence-electron chi connectivity index (χ2n) is 4.09. The maximum atomic E-state index is 12.0. The predicted octanol–water partition coefficient (Wildman–Crippen LogP) is 1.90. The third kappa shape index (κ3) is 3.85. The average molecular weight is 276 g/mol. The first kappa shape index (κ1) is 15.3. The van der Waals surface area contributed by atoms with E-state index in [4.69, 9.17) is 5.73 Å². The first-order valence-electron chi connectivity index (χ1n) is 5.60. The molecule has 0 saturated carbocycles. The summed E-state index contributed by atoms with van der Waals surface area (Å²) < 4.78 is 39.8. The van der Waals surface area contributed by atoms with Crippen LogP contribution in [0, 0.1) is 0 Å². The molecular weight excluding hydrogens is 261 g/mol. The lowest BCUT2D eigenvalue weighted by molar-refractivity contribution is -0.274. The second-order valence-corrected chi connectivity index (χ2v) is 4.09. The minimum Gasteiger partial charge on any atom is -0.406 e. The molecule has 19 heavy (non-hydrogen) atoms.